The van der Waals surface area contributed by atoms with Crippen LogP contribution in [0.15, 0.2) is 78.8 Å². The Balaban J connectivity index is 1.56. The van der Waals surface area contributed by atoms with Crippen LogP contribution in [-0.4, -0.2) is 38.1 Å². The first kappa shape index (κ1) is 20.6. The van der Waals surface area contributed by atoms with E-state index in [4.69, 9.17) is 0 Å². The van der Waals surface area contributed by atoms with Crippen molar-refractivity contribution in [1.82, 2.24) is 14.8 Å². The predicted molar refractivity (Wildman–Crippen MR) is 120 cm³/mol. The van der Waals surface area contributed by atoms with E-state index in [0.717, 1.165) is 17.5 Å². The third kappa shape index (κ3) is 3.76. The molecule has 2 aliphatic rings. The molecule has 2 amide bonds. The number of hydrogen-bond acceptors (Lipinski definition) is 6. The van der Waals surface area contributed by atoms with E-state index < -0.39 is 10.8 Å². The van der Waals surface area contributed by atoms with Crippen molar-refractivity contribution in [3.8, 4) is 0 Å². The number of nitro groups is 1. The Morgan fingerprint density at radius 2 is 1.61 bits per heavy atom. The van der Waals surface area contributed by atoms with Crippen molar-refractivity contribution in [3.05, 3.63) is 111 Å². The van der Waals surface area contributed by atoms with Gasteiger partial charge in [-0.1, -0.05) is 24.3 Å². The van der Waals surface area contributed by atoms with Gasteiger partial charge in [-0.05, 0) is 52.9 Å². The van der Waals surface area contributed by atoms with Gasteiger partial charge in [0.25, 0.3) is 17.5 Å². The van der Waals surface area contributed by atoms with E-state index in [-0.39, 0.29) is 23.7 Å². The minimum atomic E-state index is -0.488. The smallest absolute Gasteiger partial charge is 0.278 e. The van der Waals surface area contributed by atoms with E-state index in [0.29, 0.717) is 24.4 Å². The molecule has 3 aromatic rings. The zero-order valence-corrected chi connectivity index (χ0v) is 17.7. The van der Waals surface area contributed by atoms with Crippen LogP contribution in [-0.2, 0) is 29.1 Å². The number of imide groups is 1. The first-order chi connectivity index (χ1) is 16.0. The van der Waals surface area contributed by atoms with Crippen LogP contribution >= 0.6 is 0 Å². The second kappa shape index (κ2) is 8.31. The van der Waals surface area contributed by atoms with Gasteiger partial charge in [-0.25, -0.2) is 0 Å². The van der Waals surface area contributed by atoms with Gasteiger partial charge in [0.1, 0.15) is 5.70 Å². The standard InChI is InChI=1S/C25H20N4O4/c30-24-22(19-5-7-21(8-6-19)29(32)33)23(25(31)28(24)15-17-9-12-26-13-10-17)27-14-11-18-3-1-2-4-20(18)16-27/h1-10,12-13H,11,14-16H2. The molecule has 0 bridgehead atoms. The van der Waals surface area contributed by atoms with E-state index >= 15 is 0 Å². The zero-order valence-electron chi connectivity index (χ0n) is 17.7. The Kier molecular flexibility index (Phi) is 5.18. The minimum Gasteiger partial charge on any atom is -0.362 e. The molecule has 0 N–H and O–H groups in total. The van der Waals surface area contributed by atoms with Gasteiger partial charge in [0.05, 0.1) is 17.0 Å². The Hall–Kier alpha value is -4.33. The average Bonchev–Trinajstić information content (AvgIpc) is 3.09. The Morgan fingerprint density at radius 1 is 0.909 bits per heavy atom. The molecule has 0 fully saturated rings. The molecule has 0 spiro atoms. The number of non-ortho nitro benzene ring substituents is 1. The lowest BCUT2D eigenvalue weighted by atomic mass is 9.98. The van der Waals surface area contributed by atoms with Crippen molar-refractivity contribution in [2.45, 2.75) is 19.5 Å². The Labute approximate surface area is 189 Å². The number of pyridine rings is 1. The first-order valence-corrected chi connectivity index (χ1v) is 10.6. The van der Waals surface area contributed by atoms with Gasteiger partial charge in [0.2, 0.25) is 0 Å². The van der Waals surface area contributed by atoms with Crippen molar-refractivity contribution < 1.29 is 14.5 Å². The van der Waals surface area contributed by atoms with Crippen molar-refractivity contribution >= 4 is 23.1 Å². The van der Waals surface area contributed by atoms with Gasteiger partial charge in [0.15, 0.2) is 0 Å². The van der Waals surface area contributed by atoms with E-state index in [2.05, 4.69) is 11.1 Å². The summed E-state index contributed by atoms with van der Waals surface area (Å²) >= 11 is 0. The van der Waals surface area contributed by atoms with Crippen LogP contribution in [0, 0.1) is 10.1 Å². The van der Waals surface area contributed by atoms with Crippen molar-refractivity contribution in [1.29, 1.82) is 0 Å². The molecule has 0 atom stereocenters. The maximum Gasteiger partial charge on any atom is 0.278 e. The molecule has 0 saturated carbocycles. The summed E-state index contributed by atoms with van der Waals surface area (Å²) in [5.41, 5.74) is 4.19. The largest absolute Gasteiger partial charge is 0.362 e. The Bertz CT molecular complexity index is 1290. The van der Waals surface area contributed by atoms with E-state index in [9.17, 15) is 19.7 Å². The summed E-state index contributed by atoms with van der Waals surface area (Å²) in [5.74, 6) is -0.760. The first-order valence-electron chi connectivity index (χ1n) is 10.6. The lowest BCUT2D eigenvalue weighted by Crippen LogP contribution is -2.37. The number of nitro benzene ring substituents is 1. The van der Waals surface area contributed by atoms with Crippen molar-refractivity contribution in [3.63, 3.8) is 0 Å². The van der Waals surface area contributed by atoms with Crippen molar-refractivity contribution in [2.75, 3.05) is 6.54 Å². The molecule has 0 saturated heterocycles. The van der Waals surface area contributed by atoms with Crippen molar-refractivity contribution in [2.24, 2.45) is 0 Å². The van der Waals surface area contributed by atoms with E-state index in [1.54, 1.807) is 24.5 Å². The number of fused-ring (bicyclic) bond motifs is 1. The maximum atomic E-state index is 13.6. The summed E-state index contributed by atoms with van der Waals surface area (Å²) in [6.45, 7) is 1.25. The van der Waals surface area contributed by atoms with Crippen LogP contribution < -0.4 is 0 Å². The number of benzene rings is 2. The molecule has 2 aliphatic heterocycles. The van der Waals surface area contributed by atoms with E-state index in [1.165, 1.54) is 34.7 Å². The number of rotatable bonds is 5. The van der Waals surface area contributed by atoms with Gasteiger partial charge >= 0.3 is 0 Å². The molecular formula is C25H20N4O4. The van der Waals surface area contributed by atoms with Crippen LogP contribution in [0.2, 0.25) is 0 Å². The SMILES string of the molecule is O=C1C(c2ccc([N+](=O)[O-])cc2)=C(N2CCc3ccccc3C2)C(=O)N1Cc1ccncc1. The van der Waals surface area contributed by atoms with Gasteiger partial charge in [0, 0.05) is 37.6 Å². The third-order valence-corrected chi connectivity index (χ3v) is 6.05. The summed E-state index contributed by atoms with van der Waals surface area (Å²) in [6.07, 6.45) is 4.00. The van der Waals surface area contributed by atoms with Crippen LogP contribution in [0.25, 0.3) is 5.57 Å². The fourth-order valence-corrected chi connectivity index (χ4v) is 4.37. The molecule has 33 heavy (non-hydrogen) atoms. The zero-order chi connectivity index (χ0) is 22.9. The second-order valence-corrected chi connectivity index (χ2v) is 8.02. The fourth-order valence-electron chi connectivity index (χ4n) is 4.37. The van der Waals surface area contributed by atoms with Crippen LogP contribution in [0.5, 0.6) is 0 Å². The highest BCUT2D eigenvalue weighted by Gasteiger charge is 2.42. The molecule has 0 unspecified atom stereocenters. The fraction of sp³-hybridized carbons (Fsp3) is 0.160. The number of aromatic nitrogens is 1. The summed E-state index contributed by atoms with van der Waals surface area (Å²) in [4.78, 5) is 44.9. The van der Waals surface area contributed by atoms with Gasteiger partial charge in [-0.2, -0.15) is 0 Å². The molecule has 3 heterocycles. The molecule has 2 aromatic carbocycles. The summed E-state index contributed by atoms with van der Waals surface area (Å²) in [6, 6.07) is 17.4. The highest BCUT2D eigenvalue weighted by Crippen LogP contribution is 2.35. The van der Waals surface area contributed by atoms with Crippen LogP contribution in [0.1, 0.15) is 22.3 Å². The molecule has 0 aliphatic carbocycles. The normalized spacial score (nSPS) is 15.8. The molecule has 1 aromatic heterocycles. The van der Waals surface area contributed by atoms with E-state index in [1.807, 2.05) is 23.1 Å². The third-order valence-electron chi connectivity index (χ3n) is 6.05. The van der Waals surface area contributed by atoms with Crippen LogP contribution in [0.4, 0.5) is 5.69 Å². The molecule has 164 valence electrons. The molecule has 8 nitrogen and oxygen atoms in total. The summed E-state index contributed by atoms with van der Waals surface area (Å²) in [7, 11) is 0. The molecule has 8 heteroatoms. The predicted octanol–water partition coefficient (Wildman–Crippen LogP) is 3.33. The maximum absolute atomic E-state index is 13.6. The molecule has 0 radical (unpaired) electrons. The van der Waals surface area contributed by atoms with Crippen LogP contribution in [0.3, 0.4) is 0 Å². The monoisotopic (exact) mass is 440 g/mol. The molecular weight excluding hydrogens is 420 g/mol. The van der Waals surface area contributed by atoms with Gasteiger partial charge < -0.3 is 4.90 Å². The quantitative estimate of drug-likeness (QED) is 0.343. The highest BCUT2D eigenvalue weighted by atomic mass is 16.6. The highest BCUT2D eigenvalue weighted by molar-refractivity contribution is 6.35. The summed E-state index contributed by atoms with van der Waals surface area (Å²) in [5, 5.41) is 11.1. The number of hydrogen-bond donors (Lipinski definition) is 0. The summed E-state index contributed by atoms with van der Waals surface area (Å²) < 4.78 is 0. The number of carbonyl (C=O) groups excluding carboxylic acids is 2. The lowest BCUT2D eigenvalue weighted by molar-refractivity contribution is -0.384. The number of nitrogens with zero attached hydrogens (tertiary/aromatic N) is 4. The van der Waals surface area contributed by atoms with Gasteiger partial charge in [-0.15, -0.1) is 0 Å². The Morgan fingerprint density at radius 3 is 2.30 bits per heavy atom. The van der Waals surface area contributed by atoms with Gasteiger partial charge in [-0.3, -0.25) is 29.6 Å². The topological polar surface area (TPSA) is 96.6 Å². The average molecular weight is 440 g/mol. The lowest BCUT2D eigenvalue weighted by Gasteiger charge is -2.31. The second-order valence-electron chi connectivity index (χ2n) is 8.02. The number of amides is 2. The number of carbonyl (C=O) groups is 2. The minimum absolute atomic E-state index is 0.0711. The molecule has 5 rings (SSSR count).